The van der Waals surface area contributed by atoms with Crippen LogP contribution in [0.25, 0.3) is 10.9 Å². The highest BCUT2D eigenvalue weighted by atomic mass is 19.1. The van der Waals surface area contributed by atoms with Gasteiger partial charge in [0.25, 0.3) is 5.91 Å². The third-order valence-corrected chi connectivity index (χ3v) is 2.64. The summed E-state index contributed by atoms with van der Waals surface area (Å²) in [5, 5.41) is 11.5. The highest BCUT2D eigenvalue weighted by molar-refractivity contribution is 5.99. The number of carboxylic acid groups (broad SMARTS) is 1. The maximum absolute atomic E-state index is 13.1. The van der Waals surface area contributed by atoms with Gasteiger partial charge < -0.3 is 15.0 Å². The van der Waals surface area contributed by atoms with Gasteiger partial charge in [-0.15, -0.1) is 0 Å². The molecule has 0 bridgehead atoms. The van der Waals surface area contributed by atoms with Crippen molar-refractivity contribution in [3.8, 4) is 0 Å². The van der Waals surface area contributed by atoms with Gasteiger partial charge in [0, 0.05) is 12.4 Å². The van der Waals surface area contributed by atoms with Gasteiger partial charge in [0.05, 0.1) is 5.52 Å². The molecule has 0 spiro atoms. The SMILES string of the molecule is Cn1c(C(=O)NCC(=O)O)cc2ccc(F)cc21. The van der Waals surface area contributed by atoms with Crippen LogP contribution in [0.2, 0.25) is 0 Å². The van der Waals surface area contributed by atoms with Gasteiger partial charge in [-0.2, -0.15) is 0 Å². The fraction of sp³-hybridized carbons (Fsp3) is 0.167. The molecule has 0 fully saturated rings. The molecular weight excluding hydrogens is 239 g/mol. The molecule has 2 N–H and O–H groups in total. The third-order valence-electron chi connectivity index (χ3n) is 2.64. The molecule has 0 aliphatic rings. The van der Waals surface area contributed by atoms with Gasteiger partial charge in [-0.25, -0.2) is 4.39 Å². The molecule has 0 aliphatic heterocycles. The highest BCUT2D eigenvalue weighted by Gasteiger charge is 2.14. The van der Waals surface area contributed by atoms with Crippen molar-refractivity contribution in [2.45, 2.75) is 0 Å². The van der Waals surface area contributed by atoms with Crippen molar-refractivity contribution in [2.75, 3.05) is 6.54 Å². The molecule has 2 rings (SSSR count). The van der Waals surface area contributed by atoms with E-state index in [-0.39, 0.29) is 11.5 Å². The average Bonchev–Trinajstić information content (AvgIpc) is 2.64. The summed E-state index contributed by atoms with van der Waals surface area (Å²) in [5.74, 6) is -2.01. The topological polar surface area (TPSA) is 71.3 Å². The first-order valence-electron chi connectivity index (χ1n) is 5.24. The number of rotatable bonds is 3. The Balaban J connectivity index is 2.36. The Hall–Kier alpha value is -2.37. The quantitative estimate of drug-likeness (QED) is 0.857. The van der Waals surface area contributed by atoms with Gasteiger partial charge in [-0.3, -0.25) is 9.59 Å². The normalized spacial score (nSPS) is 10.6. The Bertz CT molecular complexity index is 634. The number of carboxylic acids is 1. The first-order valence-corrected chi connectivity index (χ1v) is 5.24. The zero-order valence-corrected chi connectivity index (χ0v) is 9.61. The van der Waals surface area contributed by atoms with Crippen LogP contribution in [0.1, 0.15) is 10.5 Å². The number of hydrogen-bond donors (Lipinski definition) is 2. The predicted molar refractivity (Wildman–Crippen MR) is 62.8 cm³/mol. The lowest BCUT2D eigenvalue weighted by Gasteiger charge is -2.04. The molecule has 0 saturated heterocycles. The number of nitrogens with one attached hydrogen (secondary N) is 1. The Morgan fingerprint density at radius 1 is 1.39 bits per heavy atom. The Morgan fingerprint density at radius 3 is 2.78 bits per heavy atom. The number of halogens is 1. The summed E-state index contributed by atoms with van der Waals surface area (Å²) in [5.41, 5.74) is 0.868. The molecule has 1 aromatic carbocycles. The van der Waals surface area contributed by atoms with Crippen LogP contribution in [0.3, 0.4) is 0 Å². The van der Waals surface area contributed by atoms with Gasteiger partial charge >= 0.3 is 5.97 Å². The number of nitrogens with zero attached hydrogens (tertiary/aromatic N) is 1. The van der Waals surface area contributed by atoms with E-state index < -0.39 is 18.4 Å². The van der Waals surface area contributed by atoms with Crippen LogP contribution in [0.5, 0.6) is 0 Å². The molecule has 94 valence electrons. The predicted octanol–water partition coefficient (Wildman–Crippen LogP) is 1.13. The number of carbonyl (C=O) groups is 2. The monoisotopic (exact) mass is 250 g/mol. The van der Waals surface area contributed by atoms with Gasteiger partial charge in [-0.05, 0) is 24.3 Å². The maximum Gasteiger partial charge on any atom is 0.322 e. The van der Waals surface area contributed by atoms with Crippen LogP contribution in [0.15, 0.2) is 24.3 Å². The molecule has 1 aromatic heterocycles. The number of benzene rings is 1. The van der Waals surface area contributed by atoms with Gasteiger partial charge in [0.1, 0.15) is 18.1 Å². The van der Waals surface area contributed by atoms with Crippen LogP contribution >= 0.6 is 0 Å². The van der Waals surface area contributed by atoms with E-state index in [0.717, 1.165) is 5.39 Å². The lowest BCUT2D eigenvalue weighted by molar-refractivity contribution is -0.135. The molecule has 6 heteroatoms. The van der Waals surface area contributed by atoms with E-state index in [1.165, 1.54) is 16.7 Å². The van der Waals surface area contributed by atoms with E-state index in [0.29, 0.717) is 5.52 Å². The number of fused-ring (bicyclic) bond motifs is 1. The number of aromatic nitrogens is 1. The van der Waals surface area contributed by atoms with Crippen molar-refractivity contribution in [3.63, 3.8) is 0 Å². The summed E-state index contributed by atoms with van der Waals surface area (Å²) >= 11 is 0. The molecule has 18 heavy (non-hydrogen) atoms. The largest absolute Gasteiger partial charge is 0.480 e. The van der Waals surface area contributed by atoms with Crippen molar-refractivity contribution >= 4 is 22.8 Å². The van der Waals surface area contributed by atoms with E-state index in [1.807, 2.05) is 0 Å². The molecule has 5 nitrogen and oxygen atoms in total. The molecule has 0 aliphatic carbocycles. The zero-order valence-electron chi connectivity index (χ0n) is 9.61. The van der Waals surface area contributed by atoms with Gasteiger partial charge in [0.2, 0.25) is 0 Å². The summed E-state index contributed by atoms with van der Waals surface area (Å²) < 4.78 is 14.6. The van der Waals surface area contributed by atoms with Gasteiger partial charge in [-0.1, -0.05) is 0 Å². The highest BCUT2D eigenvalue weighted by Crippen LogP contribution is 2.19. The number of hydrogen-bond acceptors (Lipinski definition) is 2. The Labute approximate surface area is 102 Å². The molecule has 0 atom stereocenters. The Morgan fingerprint density at radius 2 is 2.11 bits per heavy atom. The second-order valence-electron chi connectivity index (χ2n) is 3.87. The van der Waals surface area contributed by atoms with Crippen molar-refractivity contribution in [1.29, 1.82) is 0 Å². The van der Waals surface area contributed by atoms with Crippen LogP contribution in [-0.2, 0) is 11.8 Å². The Kier molecular flexibility index (Phi) is 3.01. The lowest BCUT2D eigenvalue weighted by Crippen LogP contribution is -2.30. The first kappa shape index (κ1) is 12.1. The van der Waals surface area contributed by atoms with Crippen LogP contribution < -0.4 is 5.32 Å². The molecule has 2 aromatic rings. The summed E-state index contributed by atoms with van der Waals surface area (Å²) in [6.45, 7) is -0.450. The standard InChI is InChI=1S/C12H11FN2O3/c1-15-9-5-8(13)3-2-7(9)4-10(15)12(18)14-6-11(16)17/h2-5H,6H2,1H3,(H,14,18)(H,16,17). The summed E-state index contributed by atoms with van der Waals surface area (Å²) in [6.07, 6.45) is 0. The van der Waals surface area contributed by atoms with E-state index in [2.05, 4.69) is 5.32 Å². The first-order chi connectivity index (χ1) is 8.49. The number of aryl methyl sites for hydroxylation is 1. The van der Waals surface area contributed by atoms with Crippen molar-refractivity contribution in [1.82, 2.24) is 9.88 Å². The molecule has 0 radical (unpaired) electrons. The van der Waals surface area contributed by atoms with E-state index in [1.54, 1.807) is 19.2 Å². The zero-order chi connectivity index (χ0) is 13.3. The smallest absolute Gasteiger partial charge is 0.322 e. The van der Waals surface area contributed by atoms with E-state index >= 15 is 0 Å². The minimum absolute atomic E-state index is 0.289. The minimum Gasteiger partial charge on any atom is -0.480 e. The van der Waals surface area contributed by atoms with Crippen LogP contribution in [0, 0.1) is 5.82 Å². The number of amides is 1. The number of carbonyl (C=O) groups excluding carboxylic acids is 1. The average molecular weight is 250 g/mol. The lowest BCUT2D eigenvalue weighted by atomic mass is 10.2. The van der Waals surface area contributed by atoms with Crippen LogP contribution in [0.4, 0.5) is 4.39 Å². The molecule has 0 saturated carbocycles. The third kappa shape index (κ3) is 2.17. The second kappa shape index (κ2) is 4.48. The molecular formula is C12H11FN2O3. The van der Waals surface area contributed by atoms with E-state index in [9.17, 15) is 14.0 Å². The van der Waals surface area contributed by atoms with E-state index in [4.69, 9.17) is 5.11 Å². The minimum atomic E-state index is -1.12. The summed E-state index contributed by atoms with van der Waals surface area (Å²) in [4.78, 5) is 22.1. The van der Waals surface area contributed by atoms with Crippen molar-refractivity contribution in [3.05, 3.63) is 35.8 Å². The molecule has 0 unspecified atom stereocenters. The second-order valence-corrected chi connectivity index (χ2v) is 3.87. The van der Waals surface area contributed by atoms with Crippen molar-refractivity contribution < 1.29 is 19.1 Å². The summed E-state index contributed by atoms with van der Waals surface area (Å²) in [6, 6.07) is 5.79. The summed E-state index contributed by atoms with van der Waals surface area (Å²) in [7, 11) is 1.62. The molecule has 1 heterocycles. The molecule has 1 amide bonds. The number of aliphatic carboxylic acids is 1. The van der Waals surface area contributed by atoms with Gasteiger partial charge in [0.15, 0.2) is 0 Å². The fourth-order valence-corrected chi connectivity index (χ4v) is 1.77. The fourth-order valence-electron chi connectivity index (χ4n) is 1.77. The van der Waals surface area contributed by atoms with Crippen LogP contribution in [-0.4, -0.2) is 28.1 Å². The maximum atomic E-state index is 13.1. The van der Waals surface area contributed by atoms with Crippen molar-refractivity contribution in [2.24, 2.45) is 7.05 Å².